The molecule has 19 heavy (non-hydrogen) atoms. The van der Waals surface area contributed by atoms with Gasteiger partial charge < -0.3 is 9.64 Å². The van der Waals surface area contributed by atoms with Crippen molar-refractivity contribution < 1.29 is 9.53 Å². The van der Waals surface area contributed by atoms with Crippen molar-refractivity contribution >= 4 is 17.7 Å². The van der Waals surface area contributed by atoms with Gasteiger partial charge in [-0.25, -0.2) is 0 Å². The lowest BCUT2D eigenvalue weighted by atomic mass is 10.1. The molecular weight excluding hydrogens is 238 g/mol. The van der Waals surface area contributed by atoms with E-state index in [9.17, 15) is 4.79 Å². The molecule has 2 aromatic rings. The zero-order chi connectivity index (χ0) is 13.7. The Morgan fingerprint density at radius 2 is 1.84 bits per heavy atom. The summed E-state index contributed by atoms with van der Waals surface area (Å²) in [5, 5.41) is 0. The Morgan fingerprint density at radius 3 is 2.42 bits per heavy atom. The highest BCUT2D eigenvalue weighted by atomic mass is 16.5. The molecule has 0 aliphatic heterocycles. The average Bonchev–Trinajstić information content (AvgIpc) is 2.49. The zero-order valence-electron chi connectivity index (χ0n) is 11.2. The second kappa shape index (κ2) is 6.05. The highest BCUT2D eigenvalue weighted by Crippen LogP contribution is 2.29. The van der Waals surface area contributed by atoms with E-state index in [-0.39, 0.29) is 0 Å². The van der Waals surface area contributed by atoms with E-state index in [2.05, 4.69) is 24.0 Å². The first kappa shape index (κ1) is 13.1. The third-order valence-corrected chi connectivity index (χ3v) is 3.04. The molecule has 0 atom stereocenters. The average molecular weight is 255 g/mol. The zero-order valence-corrected chi connectivity index (χ0v) is 11.2. The van der Waals surface area contributed by atoms with Crippen LogP contribution in [0.2, 0.25) is 0 Å². The number of para-hydroxylation sites is 1. The van der Waals surface area contributed by atoms with Crippen LogP contribution in [0.15, 0.2) is 48.5 Å². The summed E-state index contributed by atoms with van der Waals surface area (Å²) in [7, 11) is 1.57. The number of anilines is 2. The maximum absolute atomic E-state index is 10.9. The first-order chi connectivity index (χ1) is 9.30. The minimum atomic E-state index is 0.565. The van der Waals surface area contributed by atoms with E-state index < -0.39 is 0 Å². The molecule has 0 bridgehead atoms. The molecule has 0 fully saturated rings. The molecule has 0 aromatic heterocycles. The number of rotatable bonds is 5. The normalized spacial score (nSPS) is 10.0. The van der Waals surface area contributed by atoms with Gasteiger partial charge in [0.05, 0.1) is 12.7 Å². The Morgan fingerprint density at radius 1 is 1.11 bits per heavy atom. The minimum absolute atomic E-state index is 0.565. The molecule has 3 heteroatoms. The molecule has 0 saturated carbocycles. The van der Waals surface area contributed by atoms with Crippen LogP contribution in [0.1, 0.15) is 17.3 Å². The Kier molecular flexibility index (Phi) is 4.18. The SMILES string of the molecule is CCN(c1ccccc1)c1ccc(C=O)c(OC)c1. The van der Waals surface area contributed by atoms with E-state index in [1.54, 1.807) is 13.2 Å². The van der Waals surface area contributed by atoms with Crippen molar-refractivity contribution in [2.75, 3.05) is 18.6 Å². The lowest BCUT2D eigenvalue weighted by Crippen LogP contribution is -2.16. The van der Waals surface area contributed by atoms with Gasteiger partial charge in [0.1, 0.15) is 5.75 Å². The summed E-state index contributed by atoms with van der Waals surface area (Å²) in [6, 6.07) is 15.7. The van der Waals surface area contributed by atoms with Crippen molar-refractivity contribution in [1.29, 1.82) is 0 Å². The summed E-state index contributed by atoms with van der Waals surface area (Å²) in [6.07, 6.45) is 0.807. The summed E-state index contributed by atoms with van der Waals surface area (Å²) < 4.78 is 5.25. The van der Waals surface area contributed by atoms with E-state index in [0.717, 1.165) is 24.2 Å². The van der Waals surface area contributed by atoms with Gasteiger partial charge in [-0.1, -0.05) is 18.2 Å². The third-order valence-electron chi connectivity index (χ3n) is 3.04. The van der Waals surface area contributed by atoms with Crippen molar-refractivity contribution in [1.82, 2.24) is 0 Å². The third kappa shape index (κ3) is 2.76. The number of aldehydes is 1. The first-order valence-corrected chi connectivity index (χ1v) is 6.26. The highest BCUT2D eigenvalue weighted by molar-refractivity contribution is 5.81. The summed E-state index contributed by atoms with van der Waals surface area (Å²) in [5.74, 6) is 0.599. The van der Waals surface area contributed by atoms with Crippen molar-refractivity contribution in [2.24, 2.45) is 0 Å². The lowest BCUT2D eigenvalue weighted by molar-refractivity contribution is 0.112. The molecule has 98 valence electrons. The minimum Gasteiger partial charge on any atom is -0.496 e. The monoisotopic (exact) mass is 255 g/mol. The van der Waals surface area contributed by atoms with Crippen LogP contribution in [-0.4, -0.2) is 19.9 Å². The molecule has 0 saturated heterocycles. The maximum Gasteiger partial charge on any atom is 0.153 e. The molecule has 0 spiro atoms. The molecule has 0 radical (unpaired) electrons. The van der Waals surface area contributed by atoms with E-state index in [1.807, 2.05) is 30.3 Å². The number of hydrogen-bond acceptors (Lipinski definition) is 3. The molecule has 0 aliphatic rings. The van der Waals surface area contributed by atoms with E-state index >= 15 is 0 Å². The summed E-state index contributed by atoms with van der Waals surface area (Å²) >= 11 is 0. The molecule has 0 heterocycles. The molecule has 0 unspecified atom stereocenters. The lowest BCUT2D eigenvalue weighted by Gasteiger charge is -2.24. The topological polar surface area (TPSA) is 29.5 Å². The molecular formula is C16H17NO2. The van der Waals surface area contributed by atoms with Crippen LogP contribution in [0.4, 0.5) is 11.4 Å². The maximum atomic E-state index is 10.9. The van der Waals surface area contributed by atoms with Gasteiger partial charge in [-0.3, -0.25) is 4.79 Å². The largest absolute Gasteiger partial charge is 0.496 e. The predicted octanol–water partition coefficient (Wildman–Crippen LogP) is 3.67. The fourth-order valence-electron chi connectivity index (χ4n) is 2.09. The van der Waals surface area contributed by atoms with Gasteiger partial charge in [-0.2, -0.15) is 0 Å². The smallest absolute Gasteiger partial charge is 0.153 e. The van der Waals surface area contributed by atoms with Crippen LogP contribution in [0.5, 0.6) is 5.75 Å². The van der Waals surface area contributed by atoms with Crippen LogP contribution in [0.25, 0.3) is 0 Å². The Balaban J connectivity index is 2.42. The Bertz CT molecular complexity index is 552. The number of ether oxygens (including phenoxy) is 1. The van der Waals surface area contributed by atoms with Crippen LogP contribution in [0.3, 0.4) is 0 Å². The molecule has 2 rings (SSSR count). The first-order valence-electron chi connectivity index (χ1n) is 6.26. The van der Waals surface area contributed by atoms with Gasteiger partial charge >= 0.3 is 0 Å². The molecule has 0 aliphatic carbocycles. The number of methoxy groups -OCH3 is 1. The second-order valence-corrected chi connectivity index (χ2v) is 4.12. The van der Waals surface area contributed by atoms with Crippen molar-refractivity contribution in [3.8, 4) is 5.75 Å². The molecule has 0 N–H and O–H groups in total. The highest BCUT2D eigenvalue weighted by Gasteiger charge is 2.10. The summed E-state index contributed by atoms with van der Waals surface area (Å²) in [5.41, 5.74) is 2.69. The summed E-state index contributed by atoms with van der Waals surface area (Å²) in [6.45, 7) is 2.93. The predicted molar refractivity (Wildman–Crippen MR) is 77.5 cm³/mol. The Hall–Kier alpha value is -2.29. The van der Waals surface area contributed by atoms with Crippen LogP contribution in [0, 0.1) is 0 Å². The van der Waals surface area contributed by atoms with Crippen LogP contribution < -0.4 is 9.64 Å². The number of hydrogen-bond donors (Lipinski definition) is 0. The molecule has 3 nitrogen and oxygen atoms in total. The van der Waals surface area contributed by atoms with Crippen molar-refractivity contribution in [2.45, 2.75) is 6.92 Å². The van der Waals surface area contributed by atoms with Crippen LogP contribution in [-0.2, 0) is 0 Å². The van der Waals surface area contributed by atoms with Crippen LogP contribution >= 0.6 is 0 Å². The molecule has 0 amide bonds. The second-order valence-electron chi connectivity index (χ2n) is 4.12. The van der Waals surface area contributed by atoms with E-state index in [1.165, 1.54) is 0 Å². The fourth-order valence-corrected chi connectivity index (χ4v) is 2.09. The van der Waals surface area contributed by atoms with E-state index in [4.69, 9.17) is 4.74 Å². The quantitative estimate of drug-likeness (QED) is 0.763. The number of nitrogens with zero attached hydrogens (tertiary/aromatic N) is 1. The van der Waals surface area contributed by atoms with Crippen molar-refractivity contribution in [3.63, 3.8) is 0 Å². The van der Waals surface area contributed by atoms with Gasteiger partial charge in [0.25, 0.3) is 0 Å². The van der Waals surface area contributed by atoms with Gasteiger partial charge in [-0.15, -0.1) is 0 Å². The van der Waals surface area contributed by atoms with Gasteiger partial charge in [-0.05, 0) is 31.2 Å². The summed E-state index contributed by atoms with van der Waals surface area (Å²) in [4.78, 5) is 13.1. The van der Waals surface area contributed by atoms with Gasteiger partial charge in [0.2, 0.25) is 0 Å². The van der Waals surface area contributed by atoms with Crippen molar-refractivity contribution in [3.05, 3.63) is 54.1 Å². The number of carbonyl (C=O) groups is 1. The van der Waals surface area contributed by atoms with Gasteiger partial charge in [0.15, 0.2) is 6.29 Å². The number of carbonyl (C=O) groups excluding carboxylic acids is 1. The molecule has 2 aromatic carbocycles. The Labute approximate surface area is 113 Å². The fraction of sp³-hybridized carbons (Fsp3) is 0.188. The number of benzene rings is 2. The standard InChI is InChI=1S/C16H17NO2/c1-3-17(14-7-5-4-6-8-14)15-10-9-13(12-18)16(11-15)19-2/h4-12H,3H2,1-2H3. The van der Waals surface area contributed by atoms with Gasteiger partial charge in [0, 0.05) is 24.0 Å². The van der Waals surface area contributed by atoms with E-state index in [0.29, 0.717) is 11.3 Å².